The van der Waals surface area contributed by atoms with Gasteiger partial charge in [-0.3, -0.25) is 9.78 Å². The van der Waals surface area contributed by atoms with E-state index in [1.165, 1.54) is 5.56 Å². The minimum Gasteiger partial charge on any atom is -0.326 e. The summed E-state index contributed by atoms with van der Waals surface area (Å²) >= 11 is 0. The summed E-state index contributed by atoms with van der Waals surface area (Å²) in [6.45, 7) is 6.04. The molecule has 0 fully saturated rings. The molecule has 1 aromatic carbocycles. The zero-order valence-electron chi connectivity index (χ0n) is 12.3. The average molecular weight is 271 g/mol. The number of H-pyrrole nitrogens is 1. The van der Waals surface area contributed by atoms with E-state index in [-0.39, 0.29) is 5.56 Å². The van der Waals surface area contributed by atoms with Gasteiger partial charge in [0.25, 0.3) is 5.56 Å². The number of anilines is 2. The lowest BCUT2D eigenvalue weighted by atomic mass is 10.1. The normalized spacial score (nSPS) is 10.6. The van der Waals surface area contributed by atoms with E-state index in [2.05, 4.69) is 22.2 Å². The smallest absolute Gasteiger partial charge is 0.255 e. The predicted molar refractivity (Wildman–Crippen MR) is 82.7 cm³/mol. The van der Waals surface area contributed by atoms with Crippen molar-refractivity contribution in [2.75, 3.05) is 5.32 Å². The van der Waals surface area contributed by atoms with Crippen LogP contribution < -0.4 is 10.9 Å². The number of hydrogen-bond acceptors (Lipinski definition) is 3. The van der Waals surface area contributed by atoms with Gasteiger partial charge in [-0.05, 0) is 38.8 Å². The minimum atomic E-state index is -0.0411. The number of benzene rings is 1. The number of rotatable bonds is 5. The van der Waals surface area contributed by atoms with E-state index in [0.717, 1.165) is 36.2 Å². The van der Waals surface area contributed by atoms with Crippen molar-refractivity contribution in [3.63, 3.8) is 0 Å². The number of hydrogen-bond donors (Lipinski definition) is 2. The molecule has 0 spiro atoms. The highest BCUT2D eigenvalue weighted by Gasteiger charge is 2.07. The molecule has 1 aromatic heterocycles. The summed E-state index contributed by atoms with van der Waals surface area (Å²) < 4.78 is 0. The molecule has 0 aliphatic carbocycles. The van der Waals surface area contributed by atoms with Crippen molar-refractivity contribution >= 4 is 11.6 Å². The van der Waals surface area contributed by atoms with E-state index in [1.54, 1.807) is 0 Å². The summed E-state index contributed by atoms with van der Waals surface area (Å²) in [5, 5.41) is 3.13. The number of unbranched alkanes of at least 4 members (excludes halogenated alkanes) is 1. The van der Waals surface area contributed by atoms with Crippen molar-refractivity contribution in [1.29, 1.82) is 0 Å². The Balaban J connectivity index is 2.21. The van der Waals surface area contributed by atoms with E-state index in [4.69, 9.17) is 0 Å². The Labute approximate surface area is 119 Å². The molecular weight excluding hydrogens is 250 g/mol. The molecule has 4 nitrogen and oxygen atoms in total. The molecule has 0 saturated carbocycles. The third-order valence-corrected chi connectivity index (χ3v) is 3.32. The van der Waals surface area contributed by atoms with Gasteiger partial charge in [0.1, 0.15) is 0 Å². The van der Waals surface area contributed by atoms with E-state index >= 15 is 0 Å². The lowest BCUT2D eigenvalue weighted by Gasteiger charge is -2.09. The van der Waals surface area contributed by atoms with Gasteiger partial charge in [0.05, 0.1) is 0 Å². The second-order valence-electron chi connectivity index (χ2n) is 5.07. The van der Waals surface area contributed by atoms with Crippen LogP contribution in [0.5, 0.6) is 0 Å². The van der Waals surface area contributed by atoms with Crippen LogP contribution >= 0.6 is 0 Å². The number of nitrogens with zero attached hydrogens (tertiary/aromatic N) is 1. The predicted octanol–water partition coefficient (Wildman–Crippen LogP) is 3.47. The third kappa shape index (κ3) is 3.47. The van der Waals surface area contributed by atoms with Crippen LogP contribution in [0.2, 0.25) is 0 Å². The van der Waals surface area contributed by atoms with Gasteiger partial charge in [0, 0.05) is 16.9 Å². The molecule has 4 heteroatoms. The van der Waals surface area contributed by atoms with Crippen molar-refractivity contribution in [3.05, 3.63) is 51.4 Å². The van der Waals surface area contributed by atoms with Crippen LogP contribution in [-0.2, 0) is 6.42 Å². The van der Waals surface area contributed by atoms with E-state index < -0.39 is 0 Å². The molecule has 2 N–H and O–H groups in total. The first-order chi connectivity index (χ1) is 9.60. The van der Waals surface area contributed by atoms with Crippen LogP contribution in [0.25, 0.3) is 0 Å². The summed E-state index contributed by atoms with van der Waals surface area (Å²) in [5.41, 5.74) is 3.67. The van der Waals surface area contributed by atoms with Crippen molar-refractivity contribution < 1.29 is 0 Å². The first-order valence-corrected chi connectivity index (χ1v) is 7.03. The minimum absolute atomic E-state index is 0.0411. The van der Waals surface area contributed by atoms with Gasteiger partial charge in [-0.15, -0.1) is 0 Å². The van der Waals surface area contributed by atoms with Gasteiger partial charge in [-0.2, -0.15) is 0 Å². The Morgan fingerprint density at radius 1 is 1.20 bits per heavy atom. The zero-order valence-corrected chi connectivity index (χ0v) is 12.3. The van der Waals surface area contributed by atoms with Crippen LogP contribution in [0.1, 0.15) is 36.6 Å². The van der Waals surface area contributed by atoms with Crippen LogP contribution in [0, 0.1) is 13.8 Å². The molecule has 0 aliphatic heterocycles. The summed E-state index contributed by atoms with van der Waals surface area (Å²) in [4.78, 5) is 19.3. The average Bonchev–Trinajstić information content (AvgIpc) is 2.41. The highest BCUT2D eigenvalue weighted by Crippen LogP contribution is 2.14. The van der Waals surface area contributed by atoms with Crippen molar-refractivity contribution in [2.45, 2.75) is 40.0 Å². The van der Waals surface area contributed by atoms with Crippen molar-refractivity contribution in [1.82, 2.24) is 9.97 Å². The highest BCUT2D eigenvalue weighted by molar-refractivity contribution is 5.53. The highest BCUT2D eigenvalue weighted by atomic mass is 16.1. The Kier molecular flexibility index (Phi) is 4.56. The maximum absolute atomic E-state index is 12.1. The van der Waals surface area contributed by atoms with Gasteiger partial charge in [0.15, 0.2) is 0 Å². The van der Waals surface area contributed by atoms with Gasteiger partial charge in [-0.1, -0.05) is 31.0 Å². The van der Waals surface area contributed by atoms with Crippen LogP contribution in [0.4, 0.5) is 11.6 Å². The number of aromatic amines is 1. The maximum Gasteiger partial charge on any atom is 0.255 e. The molecule has 106 valence electrons. The van der Waals surface area contributed by atoms with Crippen LogP contribution in [0.15, 0.2) is 29.1 Å². The van der Waals surface area contributed by atoms with Crippen molar-refractivity contribution in [2.24, 2.45) is 0 Å². The fourth-order valence-corrected chi connectivity index (χ4v) is 2.09. The molecular formula is C16H21N3O. The third-order valence-electron chi connectivity index (χ3n) is 3.32. The molecule has 2 aromatic rings. The fraction of sp³-hybridized carbons (Fsp3) is 0.375. The fourth-order valence-electron chi connectivity index (χ4n) is 2.09. The molecule has 0 radical (unpaired) electrons. The second-order valence-corrected chi connectivity index (χ2v) is 5.07. The first-order valence-electron chi connectivity index (χ1n) is 7.03. The standard InChI is InChI=1S/C16H21N3O/c1-4-5-6-14-12(3)17-16(19-15(14)20)18-13-9-7-11(2)8-10-13/h7-10H,4-6H2,1-3H3,(H2,17,18,19,20). The van der Waals surface area contributed by atoms with Gasteiger partial charge >= 0.3 is 0 Å². The lowest BCUT2D eigenvalue weighted by molar-refractivity contribution is 0.775. The first kappa shape index (κ1) is 14.3. The topological polar surface area (TPSA) is 57.8 Å². The van der Waals surface area contributed by atoms with Gasteiger partial charge in [0.2, 0.25) is 5.95 Å². The Hall–Kier alpha value is -2.10. The maximum atomic E-state index is 12.1. The van der Waals surface area contributed by atoms with E-state index in [9.17, 15) is 4.79 Å². The Morgan fingerprint density at radius 2 is 1.90 bits per heavy atom. The molecule has 0 bridgehead atoms. The summed E-state index contributed by atoms with van der Waals surface area (Å²) in [6, 6.07) is 7.97. The number of aromatic nitrogens is 2. The molecule has 0 atom stereocenters. The van der Waals surface area contributed by atoms with Crippen LogP contribution in [-0.4, -0.2) is 9.97 Å². The molecule has 1 heterocycles. The number of aryl methyl sites for hydroxylation is 2. The van der Waals surface area contributed by atoms with Gasteiger partial charge < -0.3 is 5.32 Å². The zero-order chi connectivity index (χ0) is 14.5. The molecule has 20 heavy (non-hydrogen) atoms. The molecule has 0 saturated heterocycles. The SMILES string of the molecule is CCCCc1c(C)nc(Nc2ccc(C)cc2)[nH]c1=O. The Morgan fingerprint density at radius 3 is 2.50 bits per heavy atom. The number of nitrogens with one attached hydrogen (secondary N) is 2. The summed E-state index contributed by atoms with van der Waals surface area (Å²) in [5.74, 6) is 0.497. The van der Waals surface area contributed by atoms with E-state index in [1.807, 2.05) is 38.1 Å². The summed E-state index contributed by atoms with van der Waals surface area (Å²) in [6.07, 6.45) is 2.87. The van der Waals surface area contributed by atoms with Crippen LogP contribution in [0.3, 0.4) is 0 Å². The molecule has 0 unspecified atom stereocenters. The Bertz CT molecular complexity index is 629. The molecule has 0 amide bonds. The molecule has 0 aliphatic rings. The van der Waals surface area contributed by atoms with Crippen molar-refractivity contribution in [3.8, 4) is 0 Å². The van der Waals surface area contributed by atoms with Gasteiger partial charge in [-0.25, -0.2) is 4.98 Å². The monoisotopic (exact) mass is 271 g/mol. The van der Waals surface area contributed by atoms with E-state index in [0.29, 0.717) is 5.95 Å². The quantitative estimate of drug-likeness (QED) is 0.875. The largest absolute Gasteiger partial charge is 0.326 e. The molecule has 2 rings (SSSR count). The summed E-state index contributed by atoms with van der Waals surface area (Å²) in [7, 11) is 0. The second kappa shape index (κ2) is 6.37. The lowest BCUT2D eigenvalue weighted by Crippen LogP contribution is -2.18.